The molecule has 4 aromatic rings. The number of anilines is 4. The summed E-state index contributed by atoms with van der Waals surface area (Å²) < 4.78 is 88.8. The van der Waals surface area contributed by atoms with Gasteiger partial charge in [0.2, 0.25) is 0 Å². The van der Waals surface area contributed by atoms with Crippen LogP contribution in [0, 0.1) is 0 Å². The number of nitrogens with one attached hydrogen (secondary N) is 3. The molecule has 0 fully saturated rings. The number of benzene rings is 4. The van der Waals surface area contributed by atoms with Crippen LogP contribution in [0.25, 0.3) is 0 Å². The largest absolute Gasteiger partial charge is 0.491 e. The first-order valence-electron chi connectivity index (χ1n) is 24.9. The van der Waals surface area contributed by atoms with Gasteiger partial charge in [0.25, 0.3) is 0 Å². The Bertz CT molecular complexity index is 1710. The van der Waals surface area contributed by atoms with Gasteiger partial charge in [0, 0.05) is 76.4 Å². The highest BCUT2D eigenvalue weighted by Gasteiger charge is 2.08. The Kier molecular flexibility index (Phi) is 34.3. The van der Waals surface area contributed by atoms with Crippen LogP contribution in [0.5, 0.6) is 23.0 Å². The fourth-order valence-corrected chi connectivity index (χ4v) is 6.45. The molecule has 0 aliphatic rings. The zero-order valence-electron chi connectivity index (χ0n) is 43.5. The summed E-state index contributed by atoms with van der Waals surface area (Å²) in [7, 11) is 6.59. The summed E-state index contributed by atoms with van der Waals surface area (Å²) in [5.74, 6) is 2.74. The van der Waals surface area contributed by atoms with Crippen LogP contribution in [0.1, 0.15) is 11.1 Å². The van der Waals surface area contributed by atoms with Crippen molar-refractivity contribution in [1.29, 1.82) is 0 Å². The van der Waals surface area contributed by atoms with Crippen molar-refractivity contribution in [2.75, 3.05) is 203 Å². The van der Waals surface area contributed by atoms with E-state index in [1.807, 2.05) is 84.9 Å². The van der Waals surface area contributed by atoms with Gasteiger partial charge in [-0.15, -0.1) is 0 Å². The van der Waals surface area contributed by atoms with Crippen LogP contribution in [-0.4, -0.2) is 187 Å². The molecule has 4 rings (SSSR count). The van der Waals surface area contributed by atoms with Crippen LogP contribution < -0.4 is 34.9 Å². The standard InChI is InChI=1S/C54H81N3O16/c1-58-13-17-62-21-25-66-29-33-70-51-37-45(38-52(41-51)71-34-30-67-26-22-63-18-14-59-2)43-55-47-5-9-49(10-6-47)57-50-11-7-48(8-12-50)56-44-46-39-53(72-35-31-68-27-23-64-19-15-60-3)42-54(40-46)73-36-32-69-28-24-65-20-16-61-4/h5-12,37-42,55-57H,13-36,43-44H2,1-4H3. The second-order valence-corrected chi connectivity index (χ2v) is 15.9. The topological polar surface area (TPSA) is 184 Å². The van der Waals surface area contributed by atoms with Gasteiger partial charge in [0.15, 0.2) is 0 Å². The zero-order valence-corrected chi connectivity index (χ0v) is 43.5. The van der Waals surface area contributed by atoms with E-state index in [1.165, 1.54) is 0 Å². The van der Waals surface area contributed by atoms with Crippen LogP contribution in [0.15, 0.2) is 84.9 Å². The van der Waals surface area contributed by atoms with Gasteiger partial charge in [-0.05, 0) is 83.9 Å². The molecule has 0 saturated heterocycles. The van der Waals surface area contributed by atoms with E-state index in [0.29, 0.717) is 195 Å². The minimum Gasteiger partial charge on any atom is -0.491 e. The van der Waals surface area contributed by atoms with Crippen molar-refractivity contribution in [3.05, 3.63) is 96.1 Å². The lowest BCUT2D eigenvalue weighted by atomic mass is 10.2. The molecule has 0 bridgehead atoms. The summed E-state index contributed by atoms with van der Waals surface area (Å²) in [6, 6.07) is 28.1. The molecule has 0 atom stereocenters. The van der Waals surface area contributed by atoms with Gasteiger partial charge in [-0.2, -0.15) is 0 Å². The average Bonchev–Trinajstić information content (AvgIpc) is 3.41. The van der Waals surface area contributed by atoms with Gasteiger partial charge in [0.05, 0.1) is 132 Å². The van der Waals surface area contributed by atoms with Crippen molar-refractivity contribution in [2.24, 2.45) is 0 Å². The summed E-state index contributed by atoms with van der Waals surface area (Å²) >= 11 is 0. The predicted molar refractivity (Wildman–Crippen MR) is 280 cm³/mol. The molecule has 73 heavy (non-hydrogen) atoms. The summed E-state index contributed by atoms with van der Waals surface area (Å²) in [5, 5.41) is 10.5. The first-order chi connectivity index (χ1) is 36.1. The summed E-state index contributed by atoms with van der Waals surface area (Å²) in [6.07, 6.45) is 0. The monoisotopic (exact) mass is 1030 g/mol. The van der Waals surface area contributed by atoms with E-state index in [4.69, 9.17) is 75.8 Å². The van der Waals surface area contributed by atoms with Gasteiger partial charge in [-0.3, -0.25) is 0 Å². The van der Waals surface area contributed by atoms with Crippen LogP contribution in [0.3, 0.4) is 0 Å². The molecular formula is C54H81N3O16. The van der Waals surface area contributed by atoms with Crippen LogP contribution in [-0.2, 0) is 69.9 Å². The lowest BCUT2D eigenvalue weighted by Crippen LogP contribution is -2.13. The van der Waals surface area contributed by atoms with E-state index in [1.54, 1.807) is 28.4 Å². The molecule has 0 aromatic heterocycles. The Morgan fingerprint density at radius 1 is 0.260 bits per heavy atom. The molecule has 0 spiro atoms. The Morgan fingerprint density at radius 3 is 0.726 bits per heavy atom. The quantitative estimate of drug-likeness (QED) is 0.0389. The molecule has 0 amide bonds. The SMILES string of the molecule is COCCOCCOCCOc1cc(CNc2ccc(Nc3ccc(NCc4cc(OCCOCCOCCOC)cc(OCCOCCOCCOC)c4)cc3)cc2)cc(OCCOCCOCCOC)c1. The van der Waals surface area contributed by atoms with E-state index in [-0.39, 0.29) is 0 Å². The minimum atomic E-state index is 0.381. The molecule has 0 aliphatic heterocycles. The molecule has 3 N–H and O–H groups in total. The molecule has 0 unspecified atom stereocenters. The van der Waals surface area contributed by atoms with Gasteiger partial charge < -0.3 is 91.7 Å². The van der Waals surface area contributed by atoms with Crippen molar-refractivity contribution >= 4 is 22.7 Å². The van der Waals surface area contributed by atoms with E-state index in [0.717, 1.165) is 33.9 Å². The summed E-state index contributed by atoms with van der Waals surface area (Å²) in [5.41, 5.74) is 5.82. The maximum absolute atomic E-state index is 6.07. The maximum atomic E-state index is 6.07. The van der Waals surface area contributed by atoms with E-state index in [2.05, 4.69) is 16.0 Å². The van der Waals surface area contributed by atoms with E-state index < -0.39 is 0 Å². The van der Waals surface area contributed by atoms with Crippen LogP contribution in [0.2, 0.25) is 0 Å². The number of ether oxygens (including phenoxy) is 16. The highest BCUT2D eigenvalue weighted by atomic mass is 16.6. The Morgan fingerprint density at radius 2 is 0.479 bits per heavy atom. The third-order valence-corrected chi connectivity index (χ3v) is 10.1. The van der Waals surface area contributed by atoms with Gasteiger partial charge in [0.1, 0.15) is 49.4 Å². The minimum absolute atomic E-state index is 0.381. The molecule has 0 heterocycles. The third kappa shape index (κ3) is 30.1. The highest BCUT2D eigenvalue weighted by Crippen LogP contribution is 2.27. The fourth-order valence-electron chi connectivity index (χ4n) is 6.45. The zero-order chi connectivity index (χ0) is 51.5. The van der Waals surface area contributed by atoms with Crippen LogP contribution in [0.4, 0.5) is 22.7 Å². The average molecular weight is 1030 g/mol. The summed E-state index contributed by atoms with van der Waals surface area (Å²) in [4.78, 5) is 0. The van der Waals surface area contributed by atoms with Gasteiger partial charge in [-0.1, -0.05) is 0 Å². The molecule has 0 aliphatic carbocycles. The van der Waals surface area contributed by atoms with Gasteiger partial charge in [-0.25, -0.2) is 0 Å². The number of hydrogen-bond donors (Lipinski definition) is 3. The molecule has 0 radical (unpaired) electrons. The van der Waals surface area contributed by atoms with E-state index in [9.17, 15) is 0 Å². The number of rotatable bonds is 48. The third-order valence-electron chi connectivity index (χ3n) is 10.1. The lowest BCUT2D eigenvalue weighted by Gasteiger charge is -2.15. The second-order valence-electron chi connectivity index (χ2n) is 15.9. The first-order valence-corrected chi connectivity index (χ1v) is 24.9. The highest BCUT2D eigenvalue weighted by molar-refractivity contribution is 5.64. The lowest BCUT2D eigenvalue weighted by molar-refractivity contribution is 0.0174. The van der Waals surface area contributed by atoms with Crippen molar-refractivity contribution < 1.29 is 75.8 Å². The van der Waals surface area contributed by atoms with Gasteiger partial charge >= 0.3 is 0 Å². The van der Waals surface area contributed by atoms with Crippen molar-refractivity contribution in [3.63, 3.8) is 0 Å². The normalized spacial score (nSPS) is 11.2. The Hall–Kier alpha value is -5.00. The molecule has 19 nitrogen and oxygen atoms in total. The van der Waals surface area contributed by atoms with Crippen molar-refractivity contribution in [1.82, 2.24) is 0 Å². The maximum Gasteiger partial charge on any atom is 0.123 e. The van der Waals surface area contributed by atoms with Crippen molar-refractivity contribution in [3.8, 4) is 23.0 Å². The van der Waals surface area contributed by atoms with Crippen LogP contribution >= 0.6 is 0 Å². The number of hydrogen-bond acceptors (Lipinski definition) is 19. The molecule has 408 valence electrons. The molecule has 19 heteroatoms. The number of methoxy groups -OCH3 is 4. The first kappa shape index (κ1) is 60.6. The second kappa shape index (κ2) is 41.4. The fraction of sp³-hybridized carbons (Fsp3) is 0.556. The summed E-state index contributed by atoms with van der Waals surface area (Å²) in [6.45, 7) is 12.6. The predicted octanol–water partition coefficient (Wildman–Crippen LogP) is 6.89. The Labute approximate surface area is 432 Å². The Balaban J connectivity index is 1.25. The smallest absolute Gasteiger partial charge is 0.123 e. The molecule has 4 aromatic carbocycles. The van der Waals surface area contributed by atoms with E-state index >= 15 is 0 Å². The molecular weight excluding hydrogens is 947 g/mol. The molecule has 0 saturated carbocycles. The van der Waals surface area contributed by atoms with Crippen molar-refractivity contribution in [2.45, 2.75) is 13.1 Å².